The molecule has 0 radical (unpaired) electrons. The van der Waals surface area contributed by atoms with Crippen molar-refractivity contribution in [3.63, 3.8) is 0 Å². The number of carboxylic acids is 1. The van der Waals surface area contributed by atoms with Crippen molar-refractivity contribution in [1.29, 1.82) is 0 Å². The average molecular weight is 255 g/mol. The average Bonchev–Trinajstić information content (AvgIpc) is 2.40. The molecule has 0 saturated carbocycles. The standard InChI is InChI=1S/C15H13NO3/c17-14-6-1-2-9-16(14)11-13-5-3-4-12(10-13)7-8-15(18)19/h1-10H,11H2,(H,18,19)/b8-7+. The zero-order valence-corrected chi connectivity index (χ0v) is 10.2. The summed E-state index contributed by atoms with van der Waals surface area (Å²) >= 11 is 0. The zero-order valence-electron chi connectivity index (χ0n) is 10.2. The number of rotatable bonds is 4. The molecule has 0 aliphatic heterocycles. The van der Waals surface area contributed by atoms with E-state index >= 15 is 0 Å². The molecule has 19 heavy (non-hydrogen) atoms. The lowest BCUT2D eigenvalue weighted by Gasteiger charge is -2.05. The van der Waals surface area contributed by atoms with Crippen LogP contribution in [0.2, 0.25) is 0 Å². The molecule has 0 aliphatic rings. The predicted octanol–water partition coefficient (Wildman–Crippen LogP) is 1.99. The third-order valence-electron chi connectivity index (χ3n) is 2.62. The Labute approximate surface area is 110 Å². The molecular weight excluding hydrogens is 242 g/mol. The fourth-order valence-electron chi connectivity index (χ4n) is 1.75. The van der Waals surface area contributed by atoms with Crippen LogP contribution in [0.3, 0.4) is 0 Å². The van der Waals surface area contributed by atoms with Crippen molar-refractivity contribution in [2.45, 2.75) is 6.54 Å². The second-order valence-electron chi connectivity index (χ2n) is 4.08. The highest BCUT2D eigenvalue weighted by Gasteiger charge is 1.98. The van der Waals surface area contributed by atoms with Crippen LogP contribution in [-0.4, -0.2) is 15.6 Å². The van der Waals surface area contributed by atoms with Gasteiger partial charge in [-0.25, -0.2) is 4.79 Å². The van der Waals surface area contributed by atoms with E-state index in [1.54, 1.807) is 22.9 Å². The lowest BCUT2D eigenvalue weighted by atomic mass is 10.1. The first kappa shape index (κ1) is 12.8. The maximum atomic E-state index is 11.6. The molecule has 2 rings (SSSR count). The van der Waals surface area contributed by atoms with Crippen LogP contribution in [0.15, 0.2) is 59.5 Å². The number of aliphatic carboxylic acids is 1. The lowest BCUT2D eigenvalue weighted by Crippen LogP contribution is -2.18. The van der Waals surface area contributed by atoms with Crippen molar-refractivity contribution in [1.82, 2.24) is 4.57 Å². The minimum atomic E-state index is -0.982. The van der Waals surface area contributed by atoms with Gasteiger partial charge in [-0.15, -0.1) is 0 Å². The van der Waals surface area contributed by atoms with Gasteiger partial charge in [0, 0.05) is 18.3 Å². The Balaban J connectivity index is 2.22. The molecule has 0 atom stereocenters. The summed E-state index contributed by atoms with van der Waals surface area (Å²) in [5.41, 5.74) is 1.68. The molecule has 1 N–H and O–H groups in total. The van der Waals surface area contributed by atoms with Crippen LogP contribution in [0.5, 0.6) is 0 Å². The van der Waals surface area contributed by atoms with Gasteiger partial charge in [-0.1, -0.05) is 24.3 Å². The van der Waals surface area contributed by atoms with Gasteiger partial charge in [0.1, 0.15) is 0 Å². The first-order valence-corrected chi connectivity index (χ1v) is 5.80. The number of carbonyl (C=O) groups is 1. The third kappa shape index (κ3) is 3.67. The fourth-order valence-corrected chi connectivity index (χ4v) is 1.75. The second kappa shape index (κ2) is 5.82. The van der Waals surface area contributed by atoms with Crippen LogP contribution in [0, 0.1) is 0 Å². The lowest BCUT2D eigenvalue weighted by molar-refractivity contribution is -0.131. The molecule has 4 heteroatoms. The number of hydrogen-bond donors (Lipinski definition) is 1. The maximum Gasteiger partial charge on any atom is 0.328 e. The summed E-state index contributed by atoms with van der Waals surface area (Å²) in [7, 11) is 0. The molecule has 4 nitrogen and oxygen atoms in total. The van der Waals surface area contributed by atoms with Crippen LogP contribution in [0.25, 0.3) is 6.08 Å². The highest BCUT2D eigenvalue weighted by molar-refractivity contribution is 5.85. The Morgan fingerprint density at radius 2 is 2.05 bits per heavy atom. The van der Waals surface area contributed by atoms with Gasteiger partial charge in [0.2, 0.25) is 0 Å². The zero-order chi connectivity index (χ0) is 13.7. The molecule has 1 aromatic heterocycles. The van der Waals surface area contributed by atoms with Crippen LogP contribution >= 0.6 is 0 Å². The molecule has 0 bridgehead atoms. The molecule has 0 fully saturated rings. The number of nitrogens with zero attached hydrogens (tertiary/aromatic N) is 1. The Kier molecular flexibility index (Phi) is 3.93. The normalized spacial score (nSPS) is 10.7. The Morgan fingerprint density at radius 1 is 1.21 bits per heavy atom. The van der Waals surface area contributed by atoms with Crippen LogP contribution in [0.1, 0.15) is 11.1 Å². The van der Waals surface area contributed by atoms with E-state index in [-0.39, 0.29) is 5.56 Å². The van der Waals surface area contributed by atoms with Gasteiger partial charge < -0.3 is 9.67 Å². The Hall–Kier alpha value is -2.62. The first-order chi connectivity index (χ1) is 9.15. The summed E-state index contributed by atoms with van der Waals surface area (Å²) in [6.45, 7) is 0.467. The molecule has 1 heterocycles. The summed E-state index contributed by atoms with van der Waals surface area (Å²) < 4.78 is 1.60. The molecule has 96 valence electrons. The highest BCUT2D eigenvalue weighted by atomic mass is 16.4. The number of carboxylic acid groups (broad SMARTS) is 1. The molecule has 1 aromatic carbocycles. The van der Waals surface area contributed by atoms with E-state index < -0.39 is 5.97 Å². The highest BCUT2D eigenvalue weighted by Crippen LogP contribution is 2.08. The predicted molar refractivity (Wildman–Crippen MR) is 72.9 cm³/mol. The number of pyridine rings is 1. The van der Waals surface area contributed by atoms with Crippen molar-refractivity contribution in [2.24, 2.45) is 0 Å². The smallest absolute Gasteiger partial charge is 0.328 e. The summed E-state index contributed by atoms with van der Waals surface area (Å²) in [4.78, 5) is 22.1. The molecule has 0 unspecified atom stereocenters. The van der Waals surface area contributed by atoms with Crippen molar-refractivity contribution in [2.75, 3.05) is 0 Å². The summed E-state index contributed by atoms with van der Waals surface area (Å²) in [6.07, 6.45) is 4.34. The molecular formula is C15H13NO3. The first-order valence-electron chi connectivity index (χ1n) is 5.80. The molecule has 0 spiro atoms. The maximum absolute atomic E-state index is 11.6. The van der Waals surface area contributed by atoms with E-state index in [9.17, 15) is 9.59 Å². The second-order valence-corrected chi connectivity index (χ2v) is 4.08. The van der Waals surface area contributed by atoms with E-state index in [1.807, 2.05) is 24.3 Å². The SMILES string of the molecule is O=C(O)/C=C/c1cccc(Cn2ccccc2=O)c1. The van der Waals surface area contributed by atoms with Crippen molar-refractivity contribution in [3.8, 4) is 0 Å². The Morgan fingerprint density at radius 3 is 2.79 bits per heavy atom. The summed E-state index contributed by atoms with van der Waals surface area (Å²) in [5, 5.41) is 8.58. The van der Waals surface area contributed by atoms with Crippen LogP contribution in [-0.2, 0) is 11.3 Å². The van der Waals surface area contributed by atoms with E-state index in [0.29, 0.717) is 6.54 Å². The van der Waals surface area contributed by atoms with Gasteiger partial charge >= 0.3 is 5.97 Å². The quantitative estimate of drug-likeness (QED) is 0.850. The number of benzene rings is 1. The number of hydrogen-bond acceptors (Lipinski definition) is 2. The Bertz CT molecular complexity index is 671. The minimum Gasteiger partial charge on any atom is -0.478 e. The number of aromatic nitrogens is 1. The summed E-state index contributed by atoms with van der Waals surface area (Å²) in [6, 6.07) is 12.4. The van der Waals surface area contributed by atoms with Crippen LogP contribution in [0.4, 0.5) is 0 Å². The van der Waals surface area contributed by atoms with Gasteiger partial charge in [0.15, 0.2) is 0 Å². The van der Waals surface area contributed by atoms with Crippen molar-refractivity contribution >= 4 is 12.0 Å². The third-order valence-corrected chi connectivity index (χ3v) is 2.62. The fraction of sp³-hybridized carbons (Fsp3) is 0.0667. The van der Waals surface area contributed by atoms with E-state index in [1.165, 1.54) is 12.1 Å². The van der Waals surface area contributed by atoms with E-state index in [4.69, 9.17) is 5.11 Å². The van der Waals surface area contributed by atoms with Crippen LogP contribution < -0.4 is 5.56 Å². The van der Waals surface area contributed by atoms with E-state index in [0.717, 1.165) is 17.2 Å². The van der Waals surface area contributed by atoms with Crippen molar-refractivity contribution < 1.29 is 9.90 Å². The van der Waals surface area contributed by atoms with Gasteiger partial charge in [0.25, 0.3) is 5.56 Å². The minimum absolute atomic E-state index is 0.0611. The largest absolute Gasteiger partial charge is 0.478 e. The summed E-state index contributed by atoms with van der Waals surface area (Å²) in [5.74, 6) is -0.982. The molecule has 0 amide bonds. The topological polar surface area (TPSA) is 59.3 Å². The van der Waals surface area contributed by atoms with E-state index in [2.05, 4.69) is 0 Å². The molecule has 2 aromatic rings. The van der Waals surface area contributed by atoms with Gasteiger partial charge in [0.05, 0.1) is 6.54 Å². The monoisotopic (exact) mass is 255 g/mol. The van der Waals surface area contributed by atoms with Crippen molar-refractivity contribution in [3.05, 3.63) is 76.2 Å². The molecule has 0 saturated heterocycles. The van der Waals surface area contributed by atoms with Gasteiger partial charge in [-0.2, -0.15) is 0 Å². The molecule has 0 aliphatic carbocycles. The van der Waals surface area contributed by atoms with Gasteiger partial charge in [-0.3, -0.25) is 4.79 Å². The van der Waals surface area contributed by atoms with Gasteiger partial charge in [-0.05, 0) is 29.3 Å².